The Morgan fingerprint density at radius 1 is 1.71 bits per heavy atom. The van der Waals surface area contributed by atoms with E-state index in [0.29, 0.717) is 12.1 Å². The van der Waals surface area contributed by atoms with Gasteiger partial charge in [-0.3, -0.25) is 0 Å². The third kappa shape index (κ3) is 1.72. The molecule has 0 saturated carbocycles. The second-order valence-corrected chi connectivity index (χ2v) is 3.66. The van der Waals surface area contributed by atoms with Crippen LogP contribution in [0.4, 0.5) is 0 Å². The highest BCUT2D eigenvalue weighted by molar-refractivity contribution is 5.90. The van der Waals surface area contributed by atoms with E-state index in [4.69, 9.17) is 10.1 Å². The number of oxime groups is 1. The number of nitrogens with one attached hydrogen (secondary N) is 1. The molecular weight excluding hydrogens is 182 g/mol. The Morgan fingerprint density at radius 3 is 3.14 bits per heavy atom. The average molecular weight is 195 g/mol. The molecule has 2 aliphatic heterocycles. The predicted molar refractivity (Wildman–Crippen MR) is 49.6 cm³/mol. The van der Waals surface area contributed by atoms with Gasteiger partial charge in [-0.05, 0) is 19.4 Å². The normalized spacial score (nSPS) is 33.3. The van der Waals surface area contributed by atoms with Gasteiger partial charge in [0.25, 0.3) is 0 Å². The van der Waals surface area contributed by atoms with Crippen LogP contribution in [0.25, 0.3) is 0 Å². The van der Waals surface area contributed by atoms with Crippen LogP contribution in [0, 0.1) is 11.3 Å². The molecule has 2 aliphatic rings. The summed E-state index contributed by atoms with van der Waals surface area (Å²) in [6.07, 6.45) is 1.35. The van der Waals surface area contributed by atoms with E-state index >= 15 is 0 Å². The summed E-state index contributed by atoms with van der Waals surface area (Å²) in [6.45, 7) is 0.942. The number of hydrogen-bond acceptors (Lipinski definition) is 5. The summed E-state index contributed by atoms with van der Waals surface area (Å²) in [4.78, 5) is 4.83. The molecule has 2 N–H and O–H groups in total. The third-order valence-corrected chi connectivity index (χ3v) is 2.66. The molecule has 0 radical (unpaired) electrons. The second kappa shape index (κ2) is 3.95. The molecule has 0 aromatic rings. The van der Waals surface area contributed by atoms with Crippen molar-refractivity contribution in [2.24, 2.45) is 5.16 Å². The SMILES string of the molecule is N#CC1CC(C(O)[C@@H]2CCCN2)=NO1. The van der Waals surface area contributed by atoms with E-state index in [2.05, 4.69) is 10.5 Å². The van der Waals surface area contributed by atoms with Gasteiger partial charge in [-0.1, -0.05) is 5.16 Å². The van der Waals surface area contributed by atoms with Crippen molar-refractivity contribution in [2.75, 3.05) is 6.54 Å². The molecule has 3 atom stereocenters. The molecular formula is C9H13N3O2. The fourth-order valence-corrected chi connectivity index (χ4v) is 1.85. The van der Waals surface area contributed by atoms with E-state index < -0.39 is 12.2 Å². The van der Waals surface area contributed by atoms with E-state index in [9.17, 15) is 5.11 Å². The molecule has 2 heterocycles. The number of rotatable bonds is 2. The fraction of sp³-hybridized carbons (Fsp3) is 0.778. The minimum Gasteiger partial charge on any atom is -0.385 e. The summed E-state index contributed by atoms with van der Waals surface area (Å²) in [5.41, 5.74) is 0.593. The average Bonchev–Trinajstić information content (AvgIpc) is 2.88. The minimum atomic E-state index is -0.601. The first-order chi connectivity index (χ1) is 6.81. The van der Waals surface area contributed by atoms with E-state index in [-0.39, 0.29) is 6.04 Å². The summed E-state index contributed by atoms with van der Waals surface area (Å²) < 4.78 is 0. The topological polar surface area (TPSA) is 77.6 Å². The monoisotopic (exact) mass is 195 g/mol. The lowest BCUT2D eigenvalue weighted by molar-refractivity contribution is 0.124. The van der Waals surface area contributed by atoms with Crippen LogP contribution in [0.1, 0.15) is 19.3 Å². The lowest BCUT2D eigenvalue weighted by Crippen LogP contribution is -2.40. The molecule has 0 spiro atoms. The molecule has 0 aromatic heterocycles. The van der Waals surface area contributed by atoms with Crippen molar-refractivity contribution in [1.82, 2.24) is 5.32 Å². The van der Waals surface area contributed by atoms with Crippen molar-refractivity contribution in [3.05, 3.63) is 0 Å². The number of nitrogens with zero attached hydrogens (tertiary/aromatic N) is 2. The highest BCUT2D eigenvalue weighted by Crippen LogP contribution is 2.17. The number of aliphatic hydroxyl groups is 1. The molecule has 5 nitrogen and oxygen atoms in total. The Balaban J connectivity index is 1.93. The number of hydrogen-bond donors (Lipinski definition) is 2. The molecule has 76 valence electrons. The van der Waals surface area contributed by atoms with Crippen molar-refractivity contribution < 1.29 is 9.94 Å². The first-order valence-corrected chi connectivity index (χ1v) is 4.85. The summed E-state index contributed by atoms with van der Waals surface area (Å²) in [5, 5.41) is 25.4. The second-order valence-electron chi connectivity index (χ2n) is 3.66. The lowest BCUT2D eigenvalue weighted by Gasteiger charge is -2.16. The molecule has 0 bridgehead atoms. The van der Waals surface area contributed by atoms with Gasteiger partial charge in [0.05, 0.1) is 5.71 Å². The van der Waals surface area contributed by atoms with Crippen molar-refractivity contribution in [3.8, 4) is 6.07 Å². The molecule has 5 heteroatoms. The van der Waals surface area contributed by atoms with Crippen LogP contribution in [0.15, 0.2) is 5.16 Å². The van der Waals surface area contributed by atoms with Crippen molar-refractivity contribution >= 4 is 5.71 Å². The van der Waals surface area contributed by atoms with Gasteiger partial charge in [0.1, 0.15) is 12.2 Å². The van der Waals surface area contributed by atoms with Gasteiger partial charge in [-0.25, -0.2) is 0 Å². The first kappa shape index (κ1) is 9.44. The van der Waals surface area contributed by atoms with E-state index in [1.165, 1.54) is 0 Å². The molecule has 0 aromatic carbocycles. The van der Waals surface area contributed by atoms with E-state index in [1.807, 2.05) is 6.07 Å². The van der Waals surface area contributed by atoms with Crippen LogP contribution in [0.5, 0.6) is 0 Å². The smallest absolute Gasteiger partial charge is 0.218 e. The summed E-state index contributed by atoms with van der Waals surface area (Å²) in [7, 11) is 0. The maximum Gasteiger partial charge on any atom is 0.218 e. The largest absolute Gasteiger partial charge is 0.385 e. The predicted octanol–water partition coefficient (Wildman–Crippen LogP) is -0.232. The zero-order chi connectivity index (χ0) is 9.97. The number of aliphatic hydroxyl groups excluding tert-OH is 1. The zero-order valence-corrected chi connectivity index (χ0v) is 7.81. The lowest BCUT2D eigenvalue weighted by atomic mass is 10.0. The Morgan fingerprint density at radius 2 is 2.57 bits per heavy atom. The van der Waals surface area contributed by atoms with Crippen molar-refractivity contribution in [1.29, 1.82) is 5.26 Å². The molecule has 0 aliphatic carbocycles. The van der Waals surface area contributed by atoms with Gasteiger partial charge >= 0.3 is 0 Å². The van der Waals surface area contributed by atoms with Crippen LogP contribution in [-0.4, -0.2) is 35.6 Å². The van der Waals surface area contributed by atoms with Gasteiger partial charge in [0, 0.05) is 12.5 Å². The Kier molecular flexibility index (Phi) is 2.66. The van der Waals surface area contributed by atoms with Crippen LogP contribution >= 0.6 is 0 Å². The minimum absolute atomic E-state index is 0.0785. The molecule has 1 saturated heterocycles. The van der Waals surface area contributed by atoms with Crippen molar-refractivity contribution in [2.45, 2.75) is 37.5 Å². The molecule has 0 amide bonds. The zero-order valence-electron chi connectivity index (χ0n) is 7.81. The quantitative estimate of drug-likeness (QED) is 0.638. The standard InChI is InChI=1S/C9H13N3O2/c10-5-6-4-8(12-14-6)9(13)7-2-1-3-11-7/h6-7,9,11,13H,1-4H2/t6?,7-,9?/m0/s1. The van der Waals surface area contributed by atoms with Gasteiger partial charge in [0.15, 0.2) is 0 Å². The highest BCUT2D eigenvalue weighted by atomic mass is 16.6. The van der Waals surface area contributed by atoms with Crippen LogP contribution in [0.2, 0.25) is 0 Å². The van der Waals surface area contributed by atoms with E-state index in [1.54, 1.807) is 0 Å². The fourth-order valence-electron chi connectivity index (χ4n) is 1.85. The van der Waals surface area contributed by atoms with Crippen LogP contribution in [-0.2, 0) is 4.84 Å². The summed E-state index contributed by atoms with van der Waals surface area (Å²) in [5.74, 6) is 0. The summed E-state index contributed by atoms with van der Waals surface area (Å²) in [6, 6.07) is 2.05. The van der Waals surface area contributed by atoms with Crippen molar-refractivity contribution in [3.63, 3.8) is 0 Å². The molecule has 14 heavy (non-hydrogen) atoms. The van der Waals surface area contributed by atoms with Gasteiger partial charge < -0.3 is 15.3 Å². The Labute approximate surface area is 82.3 Å². The Bertz CT molecular complexity index is 278. The Hall–Kier alpha value is -1.12. The van der Waals surface area contributed by atoms with Gasteiger partial charge in [-0.2, -0.15) is 5.26 Å². The summed E-state index contributed by atoms with van der Waals surface area (Å²) >= 11 is 0. The maximum absolute atomic E-state index is 9.88. The van der Waals surface area contributed by atoms with Gasteiger partial charge in [-0.15, -0.1) is 0 Å². The third-order valence-electron chi connectivity index (χ3n) is 2.66. The van der Waals surface area contributed by atoms with Gasteiger partial charge in [0.2, 0.25) is 6.10 Å². The van der Waals surface area contributed by atoms with Crippen LogP contribution < -0.4 is 5.32 Å². The highest BCUT2D eigenvalue weighted by Gasteiger charge is 2.32. The number of nitriles is 1. The molecule has 1 fully saturated rings. The van der Waals surface area contributed by atoms with Crippen LogP contribution in [0.3, 0.4) is 0 Å². The molecule has 2 unspecified atom stereocenters. The maximum atomic E-state index is 9.88. The first-order valence-electron chi connectivity index (χ1n) is 4.85. The molecule has 2 rings (SSSR count). The van der Waals surface area contributed by atoms with E-state index in [0.717, 1.165) is 19.4 Å².